The van der Waals surface area contributed by atoms with Crippen molar-refractivity contribution in [1.82, 2.24) is 31.9 Å². The molecule has 0 radical (unpaired) electrons. The van der Waals surface area contributed by atoms with Crippen molar-refractivity contribution in [2.45, 2.75) is 136 Å². The van der Waals surface area contributed by atoms with Crippen LogP contribution in [0, 0.1) is 23.7 Å². The molecule has 18 heteroatoms. The summed E-state index contributed by atoms with van der Waals surface area (Å²) in [6.07, 6.45) is 0.181. The van der Waals surface area contributed by atoms with Gasteiger partial charge in [0, 0.05) is 25.7 Å². The molecular weight excluding hydrogens is 785 g/mol. The number of hydrogen-bond donors (Lipinski definition) is 9. The predicted octanol–water partition coefficient (Wildman–Crippen LogP) is 1.61. The highest BCUT2D eigenvalue weighted by Crippen LogP contribution is 2.22. The molecule has 1 aromatic carbocycles. The predicted molar refractivity (Wildman–Crippen MR) is 224 cm³/mol. The topological polar surface area (TPSA) is 269 Å². The quantitative estimate of drug-likeness (QED) is 0.0611. The lowest BCUT2D eigenvalue weighted by Gasteiger charge is -2.32. The maximum Gasteiger partial charge on any atom is 0.326 e. The molecule has 17 nitrogen and oxygen atoms in total. The van der Waals surface area contributed by atoms with Gasteiger partial charge in [-0.2, -0.15) is 11.8 Å². The molecule has 0 bridgehead atoms. The van der Waals surface area contributed by atoms with Crippen LogP contribution in [-0.2, 0) is 44.8 Å². The molecule has 0 aliphatic rings. The highest BCUT2D eigenvalue weighted by molar-refractivity contribution is 7.98. The zero-order chi connectivity index (χ0) is 45.0. The van der Waals surface area contributed by atoms with E-state index in [9.17, 15) is 53.7 Å². The summed E-state index contributed by atoms with van der Waals surface area (Å²) < 4.78 is 0. The minimum absolute atomic E-state index is 0.00436. The highest BCUT2D eigenvalue weighted by atomic mass is 32.2. The van der Waals surface area contributed by atoms with Gasteiger partial charge in [-0.1, -0.05) is 71.9 Å². The third-order valence-corrected chi connectivity index (χ3v) is 10.3. The van der Waals surface area contributed by atoms with Crippen molar-refractivity contribution in [1.29, 1.82) is 0 Å². The molecule has 1 unspecified atom stereocenters. The fourth-order valence-corrected chi connectivity index (χ4v) is 6.74. The Morgan fingerprint density at radius 3 is 1.71 bits per heavy atom. The second-order valence-electron chi connectivity index (χ2n) is 16.0. The molecule has 0 fully saturated rings. The van der Waals surface area contributed by atoms with E-state index in [1.165, 1.54) is 25.6 Å². The molecule has 6 amide bonds. The molecule has 332 valence electrons. The van der Waals surface area contributed by atoms with Gasteiger partial charge in [0.25, 0.3) is 0 Å². The molecule has 9 N–H and O–H groups in total. The number of nitrogens with one attached hydrogen (secondary N) is 6. The normalized spacial score (nSPS) is 15.4. The molecule has 1 rings (SSSR count). The van der Waals surface area contributed by atoms with Crippen LogP contribution in [0.3, 0.4) is 0 Å². The number of aliphatic carboxylic acids is 2. The van der Waals surface area contributed by atoms with Crippen LogP contribution in [0.15, 0.2) is 30.3 Å². The van der Waals surface area contributed by atoms with E-state index < -0.39 is 102 Å². The van der Waals surface area contributed by atoms with Crippen molar-refractivity contribution < 1.29 is 53.7 Å². The average molecular weight is 851 g/mol. The number of carbonyl (C=O) groups is 8. The van der Waals surface area contributed by atoms with E-state index in [4.69, 9.17) is 0 Å². The SMILES string of the molecule is CSCC[C@H](NC(=O)[C@@H](NC(C)=O)C(C)C)C(=O)N[C@@H](CC(C)C)C(O)C[C@H](C(=O)N[C@@H](C)C(=O)N[C@@H](CCC(=O)O)C(=O)N[C@@H](Cc1ccccc1)C(=O)O)C(C)C. The van der Waals surface area contributed by atoms with E-state index in [1.807, 2.05) is 20.1 Å². The lowest BCUT2D eigenvalue weighted by Crippen LogP contribution is -2.57. The second-order valence-corrected chi connectivity index (χ2v) is 17.0. The van der Waals surface area contributed by atoms with Gasteiger partial charge in [0.05, 0.1) is 12.1 Å². The van der Waals surface area contributed by atoms with Gasteiger partial charge in [0.2, 0.25) is 35.4 Å². The van der Waals surface area contributed by atoms with Gasteiger partial charge in [-0.25, -0.2) is 4.79 Å². The molecule has 0 aliphatic carbocycles. The first-order valence-corrected chi connectivity index (χ1v) is 21.4. The van der Waals surface area contributed by atoms with Crippen molar-refractivity contribution in [2.75, 3.05) is 12.0 Å². The Hall–Kier alpha value is -4.71. The summed E-state index contributed by atoms with van der Waals surface area (Å²) in [7, 11) is 0. The van der Waals surface area contributed by atoms with Crippen LogP contribution < -0.4 is 31.9 Å². The van der Waals surface area contributed by atoms with Gasteiger partial charge < -0.3 is 47.2 Å². The first-order valence-electron chi connectivity index (χ1n) is 20.0. The van der Waals surface area contributed by atoms with E-state index in [2.05, 4.69) is 31.9 Å². The summed E-state index contributed by atoms with van der Waals surface area (Å²) >= 11 is 1.48. The summed E-state index contributed by atoms with van der Waals surface area (Å²) in [5.74, 6) is -7.29. The van der Waals surface area contributed by atoms with E-state index in [-0.39, 0.29) is 43.4 Å². The van der Waals surface area contributed by atoms with Crippen LogP contribution in [0.25, 0.3) is 0 Å². The lowest BCUT2D eigenvalue weighted by molar-refractivity contribution is -0.143. The van der Waals surface area contributed by atoms with Gasteiger partial charge in [-0.15, -0.1) is 0 Å². The maximum atomic E-state index is 13.7. The number of carboxylic acid groups (broad SMARTS) is 2. The maximum absolute atomic E-state index is 13.7. The summed E-state index contributed by atoms with van der Waals surface area (Å²) in [6, 6.07) is 1.82. The summed E-state index contributed by atoms with van der Waals surface area (Å²) in [5, 5.41) is 46.3. The number of hydrogen-bond acceptors (Lipinski definition) is 10. The Morgan fingerprint density at radius 2 is 1.20 bits per heavy atom. The summed E-state index contributed by atoms with van der Waals surface area (Å²) in [5.41, 5.74) is 0.629. The Morgan fingerprint density at radius 1 is 0.644 bits per heavy atom. The number of thioether (sulfide) groups is 1. The molecule has 0 saturated heterocycles. The molecule has 1 aromatic rings. The molecule has 59 heavy (non-hydrogen) atoms. The number of rotatable bonds is 27. The van der Waals surface area contributed by atoms with Gasteiger partial charge >= 0.3 is 11.9 Å². The first kappa shape index (κ1) is 52.3. The molecule has 0 spiro atoms. The van der Waals surface area contributed by atoms with E-state index in [1.54, 1.807) is 58.0 Å². The fraction of sp³-hybridized carbons (Fsp3) is 0.659. The summed E-state index contributed by atoms with van der Waals surface area (Å²) in [4.78, 5) is 102. The molecule has 0 saturated carbocycles. The third kappa shape index (κ3) is 19.7. The molecular formula is C41H66N6O11S. The van der Waals surface area contributed by atoms with Gasteiger partial charge in [-0.05, 0) is 67.9 Å². The van der Waals surface area contributed by atoms with Gasteiger partial charge in [0.15, 0.2) is 0 Å². The van der Waals surface area contributed by atoms with Crippen molar-refractivity contribution in [3.63, 3.8) is 0 Å². The minimum Gasteiger partial charge on any atom is -0.481 e. The second kappa shape index (κ2) is 26.4. The van der Waals surface area contributed by atoms with Crippen LogP contribution in [-0.4, -0.2) is 117 Å². The number of aliphatic hydroxyl groups excluding tert-OH is 1. The van der Waals surface area contributed by atoms with Crippen molar-refractivity contribution in [2.24, 2.45) is 23.7 Å². The largest absolute Gasteiger partial charge is 0.481 e. The minimum atomic E-state index is -1.44. The Bertz CT molecular complexity index is 1560. The average Bonchev–Trinajstić information content (AvgIpc) is 3.14. The number of carboxylic acids is 2. The standard InChI is InChI=1S/C41H66N6O11S/c1-22(2)19-31(46-39(55)30(17-18-59-9)45-40(56)35(24(5)6)43-26(8)48)33(49)21-28(23(3)4)37(53)42-25(7)36(52)44-29(15-16-34(50)51)38(54)47-32(41(57)58)20-27-13-11-10-12-14-27/h10-14,22-25,28-33,35,49H,15-21H2,1-9H3,(H,42,53)(H,43,48)(H,44,52)(H,45,56)(H,46,55)(H,47,54)(H,50,51)(H,57,58)/t25-,28-,29-,30-,31-,32-,33?,35-/m0/s1. The van der Waals surface area contributed by atoms with E-state index >= 15 is 0 Å². The monoisotopic (exact) mass is 850 g/mol. The third-order valence-electron chi connectivity index (χ3n) is 9.64. The van der Waals surface area contributed by atoms with Gasteiger partial charge in [-0.3, -0.25) is 33.6 Å². The zero-order valence-corrected chi connectivity index (χ0v) is 36.5. The van der Waals surface area contributed by atoms with Gasteiger partial charge in [0.1, 0.15) is 30.2 Å². The molecule has 0 aromatic heterocycles. The summed E-state index contributed by atoms with van der Waals surface area (Å²) in [6.45, 7) is 13.5. The smallest absolute Gasteiger partial charge is 0.326 e. The van der Waals surface area contributed by atoms with E-state index in [0.717, 1.165) is 0 Å². The van der Waals surface area contributed by atoms with E-state index in [0.29, 0.717) is 17.7 Å². The number of aliphatic hydroxyl groups is 1. The highest BCUT2D eigenvalue weighted by Gasteiger charge is 2.35. The Labute approximate surface area is 351 Å². The van der Waals surface area contributed by atoms with Crippen LogP contribution in [0.2, 0.25) is 0 Å². The Kier molecular flexibility index (Phi) is 23.4. The van der Waals surface area contributed by atoms with Crippen molar-refractivity contribution in [3.8, 4) is 0 Å². The van der Waals surface area contributed by atoms with Crippen molar-refractivity contribution >= 4 is 59.1 Å². The molecule has 0 heterocycles. The lowest BCUT2D eigenvalue weighted by atomic mass is 9.85. The fourth-order valence-electron chi connectivity index (χ4n) is 6.27. The number of carbonyl (C=O) groups excluding carboxylic acids is 6. The molecule has 0 aliphatic heterocycles. The molecule has 8 atom stereocenters. The van der Waals surface area contributed by atoms with Crippen LogP contribution in [0.5, 0.6) is 0 Å². The Balaban J connectivity index is 3.15. The first-order chi connectivity index (χ1) is 27.6. The number of benzene rings is 1. The van der Waals surface area contributed by atoms with Crippen LogP contribution in [0.4, 0.5) is 0 Å². The van der Waals surface area contributed by atoms with Crippen LogP contribution in [0.1, 0.15) is 93.1 Å². The number of amides is 6. The van der Waals surface area contributed by atoms with Crippen molar-refractivity contribution in [3.05, 3.63) is 35.9 Å². The van der Waals surface area contributed by atoms with Crippen LogP contribution >= 0.6 is 11.8 Å². The zero-order valence-electron chi connectivity index (χ0n) is 35.7.